The Hall–Kier alpha value is -2.49. The van der Waals surface area contributed by atoms with Gasteiger partial charge in [-0.2, -0.15) is 0 Å². The van der Waals surface area contributed by atoms with E-state index >= 15 is 0 Å². The Morgan fingerprint density at radius 1 is 1.41 bits per heavy atom. The maximum Gasteiger partial charge on any atom is 0.266 e. The molecule has 0 atom stereocenters. The lowest BCUT2D eigenvalue weighted by Crippen LogP contribution is -2.31. The van der Waals surface area contributed by atoms with Crippen LogP contribution in [0.2, 0.25) is 0 Å². The lowest BCUT2D eigenvalue weighted by molar-refractivity contribution is 0.0256. The Kier molecular flexibility index (Phi) is 5.88. The maximum atomic E-state index is 13.7. The molecule has 1 aromatic heterocycles. The van der Waals surface area contributed by atoms with Crippen LogP contribution in [-0.4, -0.2) is 53.8 Å². The number of anilines is 2. The number of hydrazine groups is 1. The molecule has 0 radical (unpaired) electrons. The fourth-order valence-electron chi connectivity index (χ4n) is 2.69. The molecule has 1 aliphatic heterocycles. The maximum absolute atomic E-state index is 13.7. The number of rotatable bonds is 6. The van der Waals surface area contributed by atoms with Gasteiger partial charge in [-0.3, -0.25) is 0 Å². The second-order valence-electron chi connectivity index (χ2n) is 7.68. The fourth-order valence-corrected chi connectivity index (χ4v) is 2.69. The molecule has 2 rings (SSSR count). The van der Waals surface area contributed by atoms with Crippen LogP contribution < -0.4 is 21.8 Å². The Morgan fingerprint density at radius 2 is 2.07 bits per heavy atom. The summed E-state index contributed by atoms with van der Waals surface area (Å²) in [5, 5.41) is 12.3. The van der Waals surface area contributed by atoms with Crippen LogP contribution in [0.1, 0.15) is 38.6 Å². The first-order valence-electron chi connectivity index (χ1n) is 8.67. The lowest BCUT2D eigenvalue weighted by Gasteiger charge is -2.26. The van der Waals surface area contributed by atoms with Crippen molar-refractivity contribution in [1.82, 2.24) is 15.0 Å². The van der Waals surface area contributed by atoms with Gasteiger partial charge in [0.05, 0.1) is 24.4 Å². The molecule has 0 bridgehead atoms. The molecule has 0 saturated carbocycles. The van der Waals surface area contributed by atoms with Gasteiger partial charge in [0.1, 0.15) is 17.5 Å². The van der Waals surface area contributed by atoms with E-state index in [1.54, 1.807) is 7.05 Å². The summed E-state index contributed by atoms with van der Waals surface area (Å²) in [5.41, 5.74) is 6.14. The van der Waals surface area contributed by atoms with Gasteiger partial charge in [-0.05, 0) is 0 Å². The summed E-state index contributed by atoms with van der Waals surface area (Å²) in [6.07, 6.45) is 2.21. The van der Waals surface area contributed by atoms with E-state index in [1.165, 1.54) is 16.1 Å². The third-order valence-electron chi connectivity index (χ3n) is 4.29. The Labute approximate surface area is 158 Å². The van der Waals surface area contributed by atoms with Crippen molar-refractivity contribution in [2.75, 3.05) is 36.9 Å². The molecule has 1 saturated heterocycles. The second kappa shape index (κ2) is 7.63. The molecule has 27 heavy (non-hydrogen) atoms. The van der Waals surface area contributed by atoms with Gasteiger partial charge in [0.15, 0.2) is 0 Å². The van der Waals surface area contributed by atoms with Crippen LogP contribution in [-0.2, 0) is 5.41 Å². The van der Waals surface area contributed by atoms with Crippen LogP contribution in [0, 0.1) is 5.41 Å². The first kappa shape index (κ1) is 20.8. The van der Waals surface area contributed by atoms with E-state index in [4.69, 9.17) is 17.0 Å². The van der Waals surface area contributed by atoms with Crippen LogP contribution in [0.3, 0.4) is 0 Å². The molecule has 10 heteroatoms. The van der Waals surface area contributed by atoms with Gasteiger partial charge in [0.2, 0.25) is 0 Å². The number of aromatic nitrogens is 2. The molecular weight excluding hydrogens is 354 g/mol. The highest BCUT2D eigenvalue weighted by Gasteiger charge is 2.40. The average molecular weight is 382 g/mol. The topological polar surface area (TPSA) is 120 Å². The zero-order valence-corrected chi connectivity index (χ0v) is 16.2. The van der Waals surface area contributed by atoms with Gasteiger partial charge < -0.3 is 26.4 Å². The van der Waals surface area contributed by atoms with Gasteiger partial charge in [-0.15, -0.1) is 0 Å². The third-order valence-corrected chi connectivity index (χ3v) is 4.29. The van der Waals surface area contributed by atoms with Crippen LogP contribution in [0.4, 0.5) is 20.4 Å². The van der Waals surface area contributed by atoms with Crippen molar-refractivity contribution < 1.29 is 8.78 Å². The normalized spacial score (nSPS) is 17.1. The highest BCUT2D eigenvalue weighted by atomic mass is 19.3. The van der Waals surface area contributed by atoms with E-state index in [2.05, 4.69) is 15.3 Å². The van der Waals surface area contributed by atoms with E-state index in [-0.39, 0.29) is 19.5 Å². The van der Waals surface area contributed by atoms with Gasteiger partial charge >= 0.3 is 0 Å². The Balaban J connectivity index is 2.48. The number of halogens is 2. The summed E-state index contributed by atoms with van der Waals surface area (Å²) in [6.45, 7) is 5.84. The lowest BCUT2D eigenvalue weighted by atomic mass is 9.95. The van der Waals surface area contributed by atoms with E-state index in [9.17, 15) is 8.78 Å². The van der Waals surface area contributed by atoms with Crippen LogP contribution in [0.5, 0.6) is 0 Å². The minimum absolute atomic E-state index is 0.174. The number of hydrogen-bond acceptors (Lipinski definition) is 8. The van der Waals surface area contributed by atoms with E-state index < -0.39 is 17.9 Å². The summed E-state index contributed by atoms with van der Waals surface area (Å²) in [7, 11) is 1.65. The van der Waals surface area contributed by atoms with E-state index in [0.717, 1.165) is 6.21 Å². The molecule has 150 valence electrons. The average Bonchev–Trinajstić information content (AvgIpc) is 2.93. The SMILES string of the molecule is CN(N)/C(=C\N)CNc1nc(C(C)(C)C)nc(N2CCC(F)(F)C2)c1C=N. The van der Waals surface area contributed by atoms with Gasteiger partial charge in [0, 0.05) is 37.8 Å². The summed E-state index contributed by atoms with van der Waals surface area (Å²) < 4.78 is 27.5. The number of nitrogens with zero attached hydrogens (tertiary/aromatic N) is 4. The molecule has 8 nitrogen and oxygen atoms in total. The first-order chi connectivity index (χ1) is 12.5. The van der Waals surface area contributed by atoms with Crippen molar-refractivity contribution in [2.24, 2.45) is 11.6 Å². The predicted molar refractivity (Wildman–Crippen MR) is 103 cm³/mol. The van der Waals surface area contributed by atoms with Crippen LogP contribution in [0.25, 0.3) is 0 Å². The van der Waals surface area contributed by atoms with Gasteiger partial charge in [0.25, 0.3) is 5.92 Å². The Bertz CT molecular complexity index is 724. The van der Waals surface area contributed by atoms with Gasteiger partial charge in [-0.25, -0.2) is 24.6 Å². The number of nitrogens with one attached hydrogen (secondary N) is 2. The Morgan fingerprint density at radius 3 is 2.52 bits per heavy atom. The molecule has 0 spiro atoms. The second-order valence-corrected chi connectivity index (χ2v) is 7.68. The minimum Gasteiger partial charge on any atom is -0.403 e. The standard InChI is InChI=1S/C17H28F2N8/c1-16(2,3)15-24-13(23-9-11(7-20)26(4)22)12(8-21)14(25-15)27-6-5-17(18,19)10-27/h7-8,21H,5-6,9-10,20,22H2,1-4H3,(H,23,24,25)/b11-7-,21-8?. The molecule has 6 N–H and O–H groups in total. The smallest absolute Gasteiger partial charge is 0.266 e. The summed E-state index contributed by atoms with van der Waals surface area (Å²) in [5.74, 6) is 4.17. The zero-order valence-electron chi connectivity index (χ0n) is 16.2. The summed E-state index contributed by atoms with van der Waals surface area (Å²) in [6, 6.07) is 0. The molecule has 0 aliphatic carbocycles. The quantitative estimate of drug-likeness (QED) is 0.335. The van der Waals surface area contributed by atoms with Crippen molar-refractivity contribution in [3.8, 4) is 0 Å². The van der Waals surface area contributed by atoms with Crippen LogP contribution in [0.15, 0.2) is 11.9 Å². The molecule has 1 aromatic rings. The van der Waals surface area contributed by atoms with Gasteiger partial charge in [-0.1, -0.05) is 20.8 Å². The summed E-state index contributed by atoms with van der Waals surface area (Å²) >= 11 is 0. The first-order valence-corrected chi connectivity index (χ1v) is 8.67. The summed E-state index contributed by atoms with van der Waals surface area (Å²) in [4.78, 5) is 10.6. The van der Waals surface area contributed by atoms with Crippen molar-refractivity contribution in [1.29, 1.82) is 5.41 Å². The van der Waals surface area contributed by atoms with Crippen molar-refractivity contribution >= 4 is 17.9 Å². The van der Waals surface area contributed by atoms with Crippen LogP contribution >= 0.6 is 0 Å². The largest absolute Gasteiger partial charge is 0.403 e. The molecule has 2 heterocycles. The van der Waals surface area contributed by atoms with E-state index in [1.807, 2.05) is 20.8 Å². The van der Waals surface area contributed by atoms with Crippen molar-refractivity contribution in [3.05, 3.63) is 23.3 Å². The molecule has 0 amide bonds. The highest BCUT2D eigenvalue weighted by molar-refractivity contribution is 5.91. The fraction of sp³-hybridized carbons (Fsp3) is 0.588. The zero-order chi connectivity index (χ0) is 20.4. The van der Waals surface area contributed by atoms with Crippen molar-refractivity contribution in [2.45, 2.75) is 38.5 Å². The highest BCUT2D eigenvalue weighted by Crippen LogP contribution is 2.34. The minimum atomic E-state index is -2.77. The molecule has 1 fully saturated rings. The third kappa shape index (κ3) is 4.82. The van der Waals surface area contributed by atoms with Crippen molar-refractivity contribution in [3.63, 3.8) is 0 Å². The number of nitrogens with two attached hydrogens (primary N) is 2. The molecule has 0 aromatic carbocycles. The molecule has 0 unspecified atom stereocenters. The number of hydrogen-bond donors (Lipinski definition) is 4. The molecule has 1 aliphatic rings. The molecular formula is C17H28F2N8. The number of likely N-dealkylation sites (N-methyl/N-ethyl adjacent to an activating group) is 1. The number of alkyl halides is 2. The monoisotopic (exact) mass is 382 g/mol. The van der Waals surface area contributed by atoms with E-state index in [0.29, 0.717) is 28.7 Å². The predicted octanol–water partition coefficient (Wildman–Crippen LogP) is 1.63.